The topological polar surface area (TPSA) is 45.5 Å². The fourth-order valence-electron chi connectivity index (χ4n) is 2.48. The molecule has 0 aliphatic carbocycles. The largest absolute Gasteiger partial charge is 0.357 e. The van der Waals surface area contributed by atoms with Crippen LogP contribution < -0.4 is 5.32 Å². The van der Waals surface area contributed by atoms with E-state index in [0.29, 0.717) is 0 Å². The first-order valence-electron chi connectivity index (χ1n) is 8.30. The number of guanidine groups is 1. The molecule has 7 heteroatoms. The van der Waals surface area contributed by atoms with Crippen molar-refractivity contribution in [2.75, 3.05) is 20.1 Å². The fourth-order valence-corrected chi connectivity index (χ4v) is 2.74. The summed E-state index contributed by atoms with van der Waals surface area (Å²) in [5, 5.41) is 7.57. The van der Waals surface area contributed by atoms with Crippen molar-refractivity contribution in [3.63, 3.8) is 0 Å². The Kier molecular flexibility index (Phi) is 10.1. The van der Waals surface area contributed by atoms with Crippen molar-refractivity contribution in [2.24, 2.45) is 12.0 Å². The lowest BCUT2D eigenvalue weighted by atomic mass is 10.2. The maximum atomic E-state index is 4.74. The number of aliphatic imine (C=N–C) groups is 1. The van der Waals surface area contributed by atoms with Gasteiger partial charge in [-0.1, -0.05) is 28.1 Å². The van der Waals surface area contributed by atoms with Gasteiger partial charge in [-0.25, -0.2) is 0 Å². The maximum absolute atomic E-state index is 4.74. The van der Waals surface area contributed by atoms with E-state index in [0.717, 1.165) is 42.9 Å². The third kappa shape index (κ3) is 7.77. The second-order valence-corrected chi connectivity index (χ2v) is 6.76. The molecule has 1 heterocycles. The number of rotatable bonds is 7. The summed E-state index contributed by atoms with van der Waals surface area (Å²) in [5.41, 5.74) is 2.53. The van der Waals surface area contributed by atoms with E-state index in [1.807, 2.05) is 17.9 Å². The number of aryl methyl sites for hydroxylation is 2. The molecular formula is C18H27BrIN5. The molecule has 25 heavy (non-hydrogen) atoms. The van der Waals surface area contributed by atoms with Crippen molar-refractivity contribution in [1.82, 2.24) is 20.0 Å². The quantitative estimate of drug-likeness (QED) is 0.262. The molecule has 0 radical (unpaired) electrons. The van der Waals surface area contributed by atoms with Crippen LogP contribution in [0.15, 0.2) is 46.1 Å². The normalized spacial score (nSPS) is 11.1. The van der Waals surface area contributed by atoms with Crippen molar-refractivity contribution in [1.29, 1.82) is 0 Å². The van der Waals surface area contributed by atoms with Gasteiger partial charge in [-0.2, -0.15) is 5.10 Å². The molecule has 0 amide bonds. The molecule has 2 rings (SSSR count). The fraction of sp³-hybridized carbons (Fsp3) is 0.444. The van der Waals surface area contributed by atoms with Gasteiger partial charge in [-0.3, -0.25) is 9.67 Å². The van der Waals surface area contributed by atoms with E-state index in [1.165, 1.54) is 11.1 Å². The molecular weight excluding hydrogens is 493 g/mol. The zero-order chi connectivity index (χ0) is 17.4. The van der Waals surface area contributed by atoms with E-state index in [-0.39, 0.29) is 24.0 Å². The predicted octanol–water partition coefficient (Wildman–Crippen LogP) is 3.83. The number of benzene rings is 1. The van der Waals surface area contributed by atoms with Crippen LogP contribution in [0.5, 0.6) is 0 Å². The number of nitrogens with zero attached hydrogens (tertiary/aromatic N) is 4. The van der Waals surface area contributed by atoms with Crippen LogP contribution in [0, 0.1) is 0 Å². The summed E-state index contributed by atoms with van der Waals surface area (Å²) in [6.45, 7) is 4.61. The Labute approximate surface area is 176 Å². The SMILES string of the molecule is CCNC(=NCCCc1cnn(C)c1)N(C)Cc1ccc(Br)cc1.I. The zero-order valence-electron chi connectivity index (χ0n) is 15.1. The summed E-state index contributed by atoms with van der Waals surface area (Å²) in [6.07, 6.45) is 6.02. The Hall–Kier alpha value is -1.09. The number of nitrogens with one attached hydrogen (secondary N) is 1. The van der Waals surface area contributed by atoms with Crippen LogP contribution in [-0.4, -0.2) is 40.8 Å². The van der Waals surface area contributed by atoms with Gasteiger partial charge in [0.25, 0.3) is 0 Å². The van der Waals surface area contributed by atoms with Gasteiger partial charge < -0.3 is 10.2 Å². The molecule has 0 fully saturated rings. The highest BCUT2D eigenvalue weighted by Gasteiger charge is 2.06. The molecule has 138 valence electrons. The Balaban J connectivity index is 0.00000312. The van der Waals surface area contributed by atoms with Crippen LogP contribution in [-0.2, 0) is 20.0 Å². The van der Waals surface area contributed by atoms with Crippen molar-refractivity contribution < 1.29 is 0 Å². The second kappa shape index (κ2) is 11.5. The summed E-state index contributed by atoms with van der Waals surface area (Å²) in [5.74, 6) is 0.951. The van der Waals surface area contributed by atoms with Crippen LogP contribution in [0.25, 0.3) is 0 Å². The predicted molar refractivity (Wildman–Crippen MR) is 119 cm³/mol. The molecule has 5 nitrogen and oxygen atoms in total. The average molecular weight is 520 g/mol. The lowest BCUT2D eigenvalue weighted by molar-refractivity contribution is 0.476. The molecule has 0 spiro atoms. The summed E-state index contributed by atoms with van der Waals surface area (Å²) in [7, 11) is 4.02. The smallest absolute Gasteiger partial charge is 0.193 e. The first-order valence-corrected chi connectivity index (χ1v) is 9.09. The third-order valence-electron chi connectivity index (χ3n) is 3.67. The highest BCUT2D eigenvalue weighted by Crippen LogP contribution is 2.12. The zero-order valence-corrected chi connectivity index (χ0v) is 19.0. The van der Waals surface area contributed by atoms with Gasteiger partial charge >= 0.3 is 0 Å². The molecule has 1 N–H and O–H groups in total. The highest BCUT2D eigenvalue weighted by atomic mass is 127. The Morgan fingerprint density at radius 2 is 2.00 bits per heavy atom. The molecule has 0 aliphatic heterocycles. The molecule has 1 aromatic heterocycles. The Bertz CT molecular complexity index is 654. The molecule has 0 bridgehead atoms. The van der Waals surface area contributed by atoms with Gasteiger partial charge in [0.1, 0.15) is 0 Å². The first-order chi connectivity index (χ1) is 11.6. The van der Waals surface area contributed by atoms with Crippen molar-refractivity contribution in [3.05, 3.63) is 52.3 Å². The first kappa shape index (κ1) is 22.0. The van der Waals surface area contributed by atoms with Gasteiger partial charge in [-0.05, 0) is 43.0 Å². The molecule has 0 saturated heterocycles. The van der Waals surface area contributed by atoms with Crippen LogP contribution >= 0.6 is 39.9 Å². The van der Waals surface area contributed by atoms with Crippen LogP contribution in [0.4, 0.5) is 0 Å². The van der Waals surface area contributed by atoms with Gasteiger partial charge in [-0.15, -0.1) is 24.0 Å². The Morgan fingerprint density at radius 3 is 2.60 bits per heavy atom. The van der Waals surface area contributed by atoms with Gasteiger partial charge in [0.15, 0.2) is 5.96 Å². The molecule has 1 aromatic carbocycles. The van der Waals surface area contributed by atoms with Crippen molar-refractivity contribution in [2.45, 2.75) is 26.3 Å². The monoisotopic (exact) mass is 519 g/mol. The summed E-state index contributed by atoms with van der Waals surface area (Å²) >= 11 is 3.47. The van der Waals surface area contributed by atoms with E-state index >= 15 is 0 Å². The van der Waals surface area contributed by atoms with E-state index in [2.05, 4.69) is 75.7 Å². The van der Waals surface area contributed by atoms with Crippen LogP contribution in [0.3, 0.4) is 0 Å². The molecule has 2 aromatic rings. The van der Waals surface area contributed by atoms with Crippen molar-refractivity contribution >= 4 is 45.9 Å². The maximum Gasteiger partial charge on any atom is 0.193 e. The minimum atomic E-state index is 0. The lowest BCUT2D eigenvalue weighted by Crippen LogP contribution is -2.38. The summed E-state index contributed by atoms with van der Waals surface area (Å²) in [6, 6.07) is 8.40. The van der Waals surface area contributed by atoms with E-state index < -0.39 is 0 Å². The number of hydrogen-bond acceptors (Lipinski definition) is 2. The minimum absolute atomic E-state index is 0. The van der Waals surface area contributed by atoms with E-state index in [9.17, 15) is 0 Å². The number of hydrogen-bond donors (Lipinski definition) is 1. The van der Waals surface area contributed by atoms with E-state index in [4.69, 9.17) is 4.99 Å². The average Bonchev–Trinajstić information content (AvgIpc) is 2.98. The highest BCUT2D eigenvalue weighted by molar-refractivity contribution is 14.0. The summed E-state index contributed by atoms with van der Waals surface area (Å²) in [4.78, 5) is 6.91. The third-order valence-corrected chi connectivity index (χ3v) is 4.20. The molecule has 0 aliphatic rings. The van der Waals surface area contributed by atoms with Crippen LogP contribution in [0.2, 0.25) is 0 Å². The summed E-state index contributed by atoms with van der Waals surface area (Å²) < 4.78 is 2.94. The van der Waals surface area contributed by atoms with Gasteiger partial charge in [0.05, 0.1) is 6.20 Å². The molecule has 0 saturated carbocycles. The standard InChI is InChI=1S/C18H26BrN5.HI/c1-4-20-18(21-11-5-6-16-12-22-24(3)14-16)23(2)13-15-7-9-17(19)10-8-15;/h7-10,12,14H,4-6,11,13H2,1-3H3,(H,20,21);1H. The number of aromatic nitrogens is 2. The lowest BCUT2D eigenvalue weighted by Gasteiger charge is -2.22. The van der Waals surface area contributed by atoms with Crippen LogP contribution in [0.1, 0.15) is 24.5 Å². The van der Waals surface area contributed by atoms with E-state index in [1.54, 1.807) is 0 Å². The number of halogens is 2. The van der Waals surface area contributed by atoms with Crippen molar-refractivity contribution in [3.8, 4) is 0 Å². The minimum Gasteiger partial charge on any atom is -0.357 e. The molecule has 0 atom stereocenters. The van der Waals surface area contributed by atoms with Gasteiger partial charge in [0, 0.05) is 44.4 Å². The van der Waals surface area contributed by atoms with Gasteiger partial charge in [0.2, 0.25) is 0 Å². The molecule has 0 unspecified atom stereocenters. The second-order valence-electron chi connectivity index (χ2n) is 5.84. The Morgan fingerprint density at radius 1 is 1.28 bits per heavy atom.